The van der Waals surface area contributed by atoms with E-state index in [-0.39, 0.29) is 5.91 Å². The van der Waals surface area contributed by atoms with E-state index < -0.39 is 0 Å². The number of aromatic amines is 1. The molecule has 0 atom stereocenters. The molecule has 0 radical (unpaired) electrons. The Morgan fingerprint density at radius 1 is 1.65 bits per heavy atom. The van der Waals surface area contributed by atoms with Crippen LogP contribution < -0.4 is 11.1 Å². The molecule has 2 aromatic heterocycles. The smallest absolute Gasteiger partial charge is 0.258 e. The molecule has 0 aliphatic rings. The highest BCUT2D eigenvalue weighted by atomic mass is 32.1. The normalized spacial score (nSPS) is 9.47. The number of anilines is 1. The van der Waals surface area contributed by atoms with Crippen LogP contribution in [-0.2, 0) is 0 Å². The van der Waals surface area contributed by atoms with Gasteiger partial charge in [0.1, 0.15) is 0 Å². The summed E-state index contributed by atoms with van der Waals surface area (Å²) < 4.78 is 0. The third kappa shape index (κ3) is 2.93. The number of rotatable bonds is 2. The van der Waals surface area contributed by atoms with Crippen molar-refractivity contribution in [1.82, 2.24) is 9.97 Å². The zero-order valence-electron chi connectivity index (χ0n) is 8.86. The number of nitrogens with one attached hydrogen (secondary N) is 2. The van der Waals surface area contributed by atoms with E-state index in [1.165, 1.54) is 11.3 Å². The van der Waals surface area contributed by atoms with E-state index in [1.807, 2.05) is 0 Å². The second kappa shape index (κ2) is 5.30. The van der Waals surface area contributed by atoms with Crippen molar-refractivity contribution in [3.05, 3.63) is 34.3 Å². The summed E-state index contributed by atoms with van der Waals surface area (Å²) in [6, 6.07) is 1.73. The van der Waals surface area contributed by atoms with Crippen LogP contribution >= 0.6 is 11.3 Å². The second-order valence-corrected chi connectivity index (χ2v) is 4.01. The van der Waals surface area contributed by atoms with Crippen molar-refractivity contribution in [1.29, 1.82) is 0 Å². The summed E-state index contributed by atoms with van der Waals surface area (Å²) in [7, 11) is 0. The van der Waals surface area contributed by atoms with Gasteiger partial charge in [0.2, 0.25) is 5.95 Å². The lowest BCUT2D eigenvalue weighted by Crippen LogP contribution is -2.11. The molecule has 0 saturated carbocycles. The highest BCUT2D eigenvalue weighted by Gasteiger charge is 2.09. The van der Waals surface area contributed by atoms with Crippen molar-refractivity contribution in [3.8, 4) is 11.8 Å². The molecule has 0 aromatic carbocycles. The molecule has 2 rings (SSSR count). The molecule has 2 heterocycles. The number of aromatic nitrogens is 2. The number of carbonyl (C=O) groups excluding carboxylic acids is 1. The van der Waals surface area contributed by atoms with Crippen LogP contribution in [0.15, 0.2) is 23.8 Å². The summed E-state index contributed by atoms with van der Waals surface area (Å²) in [4.78, 5) is 19.3. The van der Waals surface area contributed by atoms with Gasteiger partial charge < -0.3 is 10.7 Å². The van der Waals surface area contributed by atoms with Gasteiger partial charge in [0, 0.05) is 17.8 Å². The fourth-order valence-corrected chi connectivity index (χ4v) is 1.93. The Hall–Kier alpha value is -2.10. The minimum Gasteiger partial charge on any atom is -0.331 e. The van der Waals surface area contributed by atoms with Crippen LogP contribution in [0, 0.1) is 11.8 Å². The van der Waals surface area contributed by atoms with E-state index in [4.69, 9.17) is 5.73 Å². The van der Waals surface area contributed by atoms with E-state index in [2.05, 4.69) is 27.1 Å². The number of H-pyrrole nitrogens is 1. The third-order valence-corrected chi connectivity index (χ3v) is 2.75. The Labute approximate surface area is 102 Å². The van der Waals surface area contributed by atoms with E-state index in [0.717, 1.165) is 4.88 Å². The van der Waals surface area contributed by atoms with Gasteiger partial charge in [-0.2, -0.15) is 0 Å². The molecule has 86 valence electrons. The Kier molecular flexibility index (Phi) is 3.55. The molecule has 0 aliphatic carbocycles. The first kappa shape index (κ1) is 11.4. The summed E-state index contributed by atoms with van der Waals surface area (Å²) in [5.74, 6) is 5.83. The molecule has 17 heavy (non-hydrogen) atoms. The lowest BCUT2D eigenvalue weighted by atomic mass is 10.3. The number of amides is 1. The monoisotopic (exact) mass is 246 g/mol. The van der Waals surface area contributed by atoms with Crippen molar-refractivity contribution in [2.24, 2.45) is 5.73 Å². The van der Waals surface area contributed by atoms with Crippen molar-refractivity contribution >= 4 is 23.2 Å². The quantitative estimate of drug-likeness (QED) is 0.692. The Balaban J connectivity index is 2.07. The number of nitrogens with two attached hydrogens (primary N) is 1. The van der Waals surface area contributed by atoms with Crippen molar-refractivity contribution in [2.45, 2.75) is 0 Å². The standard InChI is InChI=1S/C11H10N4OS/c12-3-1-2-9-6-8(7-17-9)10(16)15-11-13-4-5-14-11/h4-7H,3,12H2,(H2,13,14,15,16). The highest BCUT2D eigenvalue weighted by molar-refractivity contribution is 7.10. The van der Waals surface area contributed by atoms with Gasteiger partial charge in [-0.3, -0.25) is 10.1 Å². The van der Waals surface area contributed by atoms with Crippen LogP contribution in [0.2, 0.25) is 0 Å². The van der Waals surface area contributed by atoms with Crippen LogP contribution in [0.1, 0.15) is 15.2 Å². The minimum absolute atomic E-state index is 0.211. The van der Waals surface area contributed by atoms with Gasteiger partial charge in [-0.1, -0.05) is 11.8 Å². The maximum absolute atomic E-state index is 11.8. The molecule has 0 aliphatic heterocycles. The van der Waals surface area contributed by atoms with Gasteiger partial charge in [0.15, 0.2) is 0 Å². The van der Waals surface area contributed by atoms with Crippen molar-refractivity contribution in [3.63, 3.8) is 0 Å². The topological polar surface area (TPSA) is 83.8 Å². The van der Waals surface area contributed by atoms with E-state index >= 15 is 0 Å². The van der Waals surface area contributed by atoms with Crippen LogP contribution in [-0.4, -0.2) is 22.4 Å². The number of imidazole rings is 1. The van der Waals surface area contributed by atoms with Gasteiger partial charge in [0.25, 0.3) is 5.91 Å². The maximum atomic E-state index is 11.8. The SMILES string of the molecule is NCC#Cc1cc(C(=O)Nc2ncc[nH]2)cs1. The lowest BCUT2D eigenvalue weighted by molar-refractivity contribution is 0.102. The molecule has 2 aromatic rings. The third-order valence-electron chi connectivity index (χ3n) is 1.91. The summed E-state index contributed by atoms with van der Waals surface area (Å²) in [5, 5.41) is 4.38. The summed E-state index contributed by atoms with van der Waals surface area (Å²) >= 11 is 1.41. The van der Waals surface area contributed by atoms with Gasteiger partial charge in [-0.15, -0.1) is 11.3 Å². The lowest BCUT2D eigenvalue weighted by Gasteiger charge is -1.97. The van der Waals surface area contributed by atoms with Gasteiger partial charge in [-0.25, -0.2) is 4.98 Å². The zero-order chi connectivity index (χ0) is 12.1. The zero-order valence-corrected chi connectivity index (χ0v) is 9.67. The first-order valence-electron chi connectivity index (χ1n) is 4.88. The molecule has 6 heteroatoms. The van der Waals surface area contributed by atoms with E-state index in [0.29, 0.717) is 18.1 Å². The first-order valence-corrected chi connectivity index (χ1v) is 5.76. The Bertz CT molecular complexity index is 562. The average molecular weight is 246 g/mol. The molecule has 0 spiro atoms. The fourth-order valence-electron chi connectivity index (χ4n) is 1.17. The molecule has 0 unspecified atom stereocenters. The van der Waals surface area contributed by atoms with Gasteiger partial charge >= 0.3 is 0 Å². The van der Waals surface area contributed by atoms with Crippen molar-refractivity contribution in [2.75, 3.05) is 11.9 Å². The van der Waals surface area contributed by atoms with Gasteiger partial charge in [-0.05, 0) is 6.07 Å². The minimum atomic E-state index is -0.211. The highest BCUT2D eigenvalue weighted by Crippen LogP contribution is 2.14. The molecular formula is C11H10N4OS. The first-order chi connectivity index (χ1) is 8.29. The molecule has 0 bridgehead atoms. The van der Waals surface area contributed by atoms with Crippen LogP contribution in [0.25, 0.3) is 0 Å². The predicted molar refractivity (Wildman–Crippen MR) is 66.8 cm³/mol. The predicted octanol–water partition coefficient (Wildman–Crippen LogP) is 1.03. The molecule has 0 saturated heterocycles. The Morgan fingerprint density at radius 2 is 2.53 bits per heavy atom. The molecule has 1 amide bonds. The number of thiophene rings is 1. The summed E-state index contributed by atoms with van der Waals surface area (Å²) in [6.07, 6.45) is 3.21. The largest absolute Gasteiger partial charge is 0.331 e. The number of hydrogen-bond donors (Lipinski definition) is 3. The van der Waals surface area contributed by atoms with Crippen LogP contribution in [0.5, 0.6) is 0 Å². The molecule has 4 N–H and O–H groups in total. The molecule has 0 fully saturated rings. The average Bonchev–Trinajstić information content (AvgIpc) is 2.96. The maximum Gasteiger partial charge on any atom is 0.258 e. The molecule has 5 nitrogen and oxygen atoms in total. The van der Waals surface area contributed by atoms with Gasteiger partial charge in [0.05, 0.1) is 17.0 Å². The van der Waals surface area contributed by atoms with E-state index in [9.17, 15) is 4.79 Å². The number of hydrogen-bond acceptors (Lipinski definition) is 4. The van der Waals surface area contributed by atoms with Crippen molar-refractivity contribution < 1.29 is 4.79 Å². The number of carbonyl (C=O) groups is 1. The van der Waals surface area contributed by atoms with Crippen LogP contribution in [0.3, 0.4) is 0 Å². The fraction of sp³-hybridized carbons (Fsp3) is 0.0909. The number of nitrogens with zero attached hydrogens (tertiary/aromatic N) is 1. The van der Waals surface area contributed by atoms with Crippen LogP contribution in [0.4, 0.5) is 5.95 Å². The Morgan fingerprint density at radius 3 is 3.24 bits per heavy atom. The second-order valence-electron chi connectivity index (χ2n) is 3.10. The summed E-state index contributed by atoms with van der Waals surface area (Å²) in [5.41, 5.74) is 5.84. The summed E-state index contributed by atoms with van der Waals surface area (Å²) in [6.45, 7) is 0.311. The van der Waals surface area contributed by atoms with E-state index in [1.54, 1.807) is 23.8 Å². The molecular weight excluding hydrogens is 236 g/mol.